The van der Waals surface area contributed by atoms with Crippen molar-refractivity contribution in [1.82, 2.24) is 4.90 Å². The van der Waals surface area contributed by atoms with E-state index < -0.39 is 0 Å². The van der Waals surface area contributed by atoms with E-state index in [0.717, 1.165) is 12.1 Å². The van der Waals surface area contributed by atoms with Crippen molar-refractivity contribution in [3.63, 3.8) is 0 Å². The molecule has 0 fully saturated rings. The molecule has 0 radical (unpaired) electrons. The van der Waals surface area contributed by atoms with Gasteiger partial charge in [0.2, 0.25) is 0 Å². The second-order valence-electron chi connectivity index (χ2n) is 4.46. The molecule has 0 bridgehead atoms. The summed E-state index contributed by atoms with van der Waals surface area (Å²) >= 11 is 0. The molecule has 0 N–H and O–H groups in total. The first-order valence-corrected chi connectivity index (χ1v) is 6.27. The number of nitrogens with zero attached hydrogens (tertiary/aromatic N) is 2. The summed E-state index contributed by atoms with van der Waals surface area (Å²) in [6.07, 6.45) is 8.82. The zero-order valence-electron chi connectivity index (χ0n) is 12.4. The molecule has 0 rings (SSSR count). The fourth-order valence-electron chi connectivity index (χ4n) is 1.69. The molecular weight excluding hydrogens is 220 g/mol. The Morgan fingerprint density at radius 3 is 2.50 bits per heavy atom. The van der Waals surface area contributed by atoms with E-state index in [1.54, 1.807) is 7.05 Å². The standard InChI is InChI=1S/C16H26N2/c1-8-10-16(11-13(3)12-17-6)18(7)15(5)14(4)9-2/h8-10,12-13H,1,5,11H2,2-4,6-7H3/b14-9-,16-10-,17-12?. The second-order valence-corrected chi connectivity index (χ2v) is 4.46. The first kappa shape index (κ1) is 16.4. The number of likely N-dealkylation sites (N-methyl/N-ethyl adjacent to an activating group) is 1. The van der Waals surface area contributed by atoms with Crippen LogP contribution < -0.4 is 0 Å². The maximum Gasteiger partial charge on any atom is 0.0358 e. The number of rotatable bonds is 7. The molecule has 0 aliphatic carbocycles. The van der Waals surface area contributed by atoms with Gasteiger partial charge in [-0.3, -0.25) is 0 Å². The van der Waals surface area contributed by atoms with Crippen LogP contribution in [0.25, 0.3) is 0 Å². The van der Waals surface area contributed by atoms with Crippen molar-refractivity contribution < 1.29 is 0 Å². The first-order chi connectivity index (χ1) is 8.47. The van der Waals surface area contributed by atoms with Crippen molar-refractivity contribution in [2.45, 2.75) is 27.2 Å². The number of aliphatic imine (C=N–C) groups is 1. The molecule has 2 nitrogen and oxygen atoms in total. The van der Waals surface area contributed by atoms with Gasteiger partial charge in [-0.2, -0.15) is 0 Å². The largest absolute Gasteiger partial charge is 0.348 e. The van der Waals surface area contributed by atoms with E-state index in [1.807, 2.05) is 32.3 Å². The lowest BCUT2D eigenvalue weighted by atomic mass is 10.0. The molecule has 1 unspecified atom stereocenters. The van der Waals surface area contributed by atoms with Crippen molar-refractivity contribution in [3.8, 4) is 0 Å². The van der Waals surface area contributed by atoms with Gasteiger partial charge in [0, 0.05) is 31.7 Å². The third-order valence-corrected chi connectivity index (χ3v) is 2.97. The quantitative estimate of drug-likeness (QED) is 0.485. The minimum atomic E-state index is 0.405. The van der Waals surface area contributed by atoms with E-state index in [4.69, 9.17) is 0 Å². The van der Waals surface area contributed by atoms with Crippen LogP contribution in [-0.2, 0) is 0 Å². The van der Waals surface area contributed by atoms with Gasteiger partial charge in [-0.25, -0.2) is 0 Å². The summed E-state index contributed by atoms with van der Waals surface area (Å²) in [5.41, 5.74) is 3.40. The van der Waals surface area contributed by atoms with Gasteiger partial charge >= 0.3 is 0 Å². The molecular formula is C16H26N2. The minimum absolute atomic E-state index is 0.405. The molecule has 0 saturated carbocycles. The van der Waals surface area contributed by atoms with Crippen LogP contribution >= 0.6 is 0 Å². The fourth-order valence-corrected chi connectivity index (χ4v) is 1.69. The highest BCUT2D eigenvalue weighted by Gasteiger charge is 2.11. The molecule has 0 spiro atoms. The van der Waals surface area contributed by atoms with E-state index >= 15 is 0 Å². The van der Waals surface area contributed by atoms with Crippen LogP contribution in [0.5, 0.6) is 0 Å². The SMILES string of the molecule is C=C/C=C(/CC(C)C=NC)N(C)C(=C)/C(C)=C\C. The van der Waals surface area contributed by atoms with E-state index in [1.165, 1.54) is 11.3 Å². The lowest BCUT2D eigenvalue weighted by molar-refractivity contribution is 0.488. The van der Waals surface area contributed by atoms with E-state index in [0.29, 0.717) is 5.92 Å². The molecule has 100 valence electrons. The number of allylic oxidation sites excluding steroid dienone is 5. The van der Waals surface area contributed by atoms with Crippen molar-refractivity contribution in [2.24, 2.45) is 10.9 Å². The van der Waals surface area contributed by atoms with E-state index in [9.17, 15) is 0 Å². The third-order valence-electron chi connectivity index (χ3n) is 2.97. The van der Waals surface area contributed by atoms with Gasteiger partial charge in [-0.05, 0) is 37.8 Å². The molecule has 0 aromatic heterocycles. The van der Waals surface area contributed by atoms with Gasteiger partial charge < -0.3 is 9.89 Å². The van der Waals surface area contributed by atoms with E-state index in [2.05, 4.69) is 43.0 Å². The Morgan fingerprint density at radius 2 is 2.06 bits per heavy atom. The van der Waals surface area contributed by atoms with Crippen LogP contribution in [0.3, 0.4) is 0 Å². The normalized spacial score (nSPS) is 14.7. The molecule has 0 aromatic rings. The monoisotopic (exact) mass is 246 g/mol. The highest BCUT2D eigenvalue weighted by atomic mass is 15.1. The van der Waals surface area contributed by atoms with Crippen molar-refractivity contribution >= 4 is 6.21 Å². The molecule has 0 saturated heterocycles. The zero-order valence-corrected chi connectivity index (χ0v) is 12.4. The Kier molecular flexibility index (Phi) is 7.77. The number of hydrogen-bond acceptors (Lipinski definition) is 2. The lowest BCUT2D eigenvalue weighted by Gasteiger charge is -2.26. The summed E-state index contributed by atoms with van der Waals surface area (Å²) < 4.78 is 0. The molecule has 1 atom stereocenters. The maximum absolute atomic E-state index is 4.13. The summed E-state index contributed by atoms with van der Waals surface area (Å²) in [7, 11) is 3.85. The molecule has 18 heavy (non-hydrogen) atoms. The average molecular weight is 246 g/mol. The Morgan fingerprint density at radius 1 is 1.44 bits per heavy atom. The Labute approximate surface area is 112 Å². The lowest BCUT2D eigenvalue weighted by Crippen LogP contribution is -2.19. The topological polar surface area (TPSA) is 15.6 Å². The predicted octanol–water partition coefficient (Wildman–Crippen LogP) is 4.19. The Balaban J connectivity index is 4.97. The van der Waals surface area contributed by atoms with Crippen molar-refractivity contribution in [3.05, 3.63) is 48.4 Å². The smallest absolute Gasteiger partial charge is 0.0358 e. The molecule has 0 amide bonds. The summed E-state index contributed by atoms with van der Waals surface area (Å²) in [6, 6.07) is 0. The number of hydrogen-bond donors (Lipinski definition) is 0. The van der Waals surface area contributed by atoms with Crippen molar-refractivity contribution in [1.29, 1.82) is 0 Å². The zero-order chi connectivity index (χ0) is 14.1. The van der Waals surface area contributed by atoms with Gasteiger partial charge in [0.05, 0.1) is 0 Å². The fraction of sp³-hybridized carbons (Fsp3) is 0.438. The van der Waals surface area contributed by atoms with Gasteiger partial charge in [-0.1, -0.05) is 32.2 Å². The van der Waals surface area contributed by atoms with E-state index in [-0.39, 0.29) is 0 Å². The summed E-state index contributed by atoms with van der Waals surface area (Å²) in [4.78, 5) is 6.20. The minimum Gasteiger partial charge on any atom is -0.348 e. The molecule has 0 aliphatic heterocycles. The van der Waals surface area contributed by atoms with Gasteiger partial charge in [0.15, 0.2) is 0 Å². The Bertz CT molecular complexity index is 373. The molecule has 2 heteroatoms. The van der Waals surface area contributed by atoms with Crippen LogP contribution in [0.2, 0.25) is 0 Å². The van der Waals surface area contributed by atoms with Gasteiger partial charge in [0.25, 0.3) is 0 Å². The second kappa shape index (κ2) is 8.51. The predicted molar refractivity (Wildman–Crippen MR) is 82.8 cm³/mol. The first-order valence-electron chi connectivity index (χ1n) is 6.27. The molecule has 0 heterocycles. The summed E-state index contributed by atoms with van der Waals surface area (Å²) in [5.74, 6) is 0.405. The van der Waals surface area contributed by atoms with Crippen LogP contribution in [0.4, 0.5) is 0 Å². The summed E-state index contributed by atoms with van der Waals surface area (Å²) in [5, 5.41) is 0. The average Bonchev–Trinajstić information content (AvgIpc) is 2.35. The van der Waals surface area contributed by atoms with Crippen LogP contribution in [0.15, 0.2) is 53.3 Å². The van der Waals surface area contributed by atoms with Gasteiger partial charge in [0.1, 0.15) is 0 Å². The third kappa shape index (κ3) is 5.17. The maximum atomic E-state index is 4.13. The van der Waals surface area contributed by atoms with Crippen LogP contribution in [0.1, 0.15) is 27.2 Å². The molecule has 0 aromatic carbocycles. The highest BCUT2D eigenvalue weighted by molar-refractivity contribution is 5.60. The molecule has 0 aliphatic rings. The Hall–Kier alpha value is -1.57. The van der Waals surface area contributed by atoms with Crippen LogP contribution in [0, 0.1) is 5.92 Å². The van der Waals surface area contributed by atoms with Crippen molar-refractivity contribution in [2.75, 3.05) is 14.1 Å². The van der Waals surface area contributed by atoms with Gasteiger partial charge in [-0.15, -0.1) is 0 Å². The highest BCUT2D eigenvalue weighted by Crippen LogP contribution is 2.21. The summed E-state index contributed by atoms with van der Waals surface area (Å²) in [6.45, 7) is 14.2. The van der Waals surface area contributed by atoms with Crippen LogP contribution in [-0.4, -0.2) is 25.2 Å².